The van der Waals surface area contributed by atoms with Crippen LogP contribution in [0.15, 0.2) is 53.7 Å². The summed E-state index contributed by atoms with van der Waals surface area (Å²) in [6.07, 6.45) is 7.79. The molecule has 29 heavy (non-hydrogen) atoms. The van der Waals surface area contributed by atoms with E-state index in [0.29, 0.717) is 12.8 Å². The number of nitrogens with zero attached hydrogens (tertiary/aromatic N) is 2. The molecule has 0 atom stereocenters. The molecule has 150 valence electrons. The van der Waals surface area contributed by atoms with Gasteiger partial charge < -0.3 is 9.88 Å². The summed E-state index contributed by atoms with van der Waals surface area (Å²) in [5.41, 5.74) is 6.77. The van der Waals surface area contributed by atoms with Crippen LogP contribution in [0.1, 0.15) is 44.9 Å². The molecule has 0 spiro atoms. The third kappa shape index (κ3) is 4.29. The van der Waals surface area contributed by atoms with Gasteiger partial charge in [-0.05, 0) is 62.1 Å². The van der Waals surface area contributed by atoms with Crippen LogP contribution in [0.3, 0.4) is 0 Å². The second-order valence-electron chi connectivity index (χ2n) is 7.36. The number of pyridine rings is 2. The van der Waals surface area contributed by atoms with Crippen molar-refractivity contribution in [2.45, 2.75) is 46.6 Å². The SMILES string of the molecule is CCc1cc(-c2cncc(-c3cc(CC)c(=O)n(C(C)C)c3)c2)ccc1NC=O. The summed E-state index contributed by atoms with van der Waals surface area (Å²) >= 11 is 0. The summed E-state index contributed by atoms with van der Waals surface area (Å²) in [5.74, 6) is 0. The monoisotopic (exact) mass is 389 g/mol. The maximum absolute atomic E-state index is 12.6. The number of carbonyl (C=O) groups excluding carboxylic acids is 1. The van der Waals surface area contributed by atoms with Crippen molar-refractivity contribution in [3.63, 3.8) is 0 Å². The second kappa shape index (κ2) is 8.86. The zero-order valence-corrected chi connectivity index (χ0v) is 17.4. The summed E-state index contributed by atoms with van der Waals surface area (Å²) in [5, 5.41) is 2.75. The first kappa shape index (κ1) is 20.5. The number of amides is 1. The number of nitrogens with one attached hydrogen (secondary N) is 1. The van der Waals surface area contributed by atoms with Crippen LogP contribution in [0, 0.1) is 0 Å². The van der Waals surface area contributed by atoms with Gasteiger partial charge >= 0.3 is 0 Å². The van der Waals surface area contributed by atoms with Crippen molar-refractivity contribution in [3.05, 3.63) is 70.4 Å². The van der Waals surface area contributed by atoms with Gasteiger partial charge in [0.15, 0.2) is 0 Å². The Bertz CT molecular complexity index is 1080. The molecule has 1 amide bonds. The number of aryl methyl sites for hydroxylation is 2. The second-order valence-corrected chi connectivity index (χ2v) is 7.36. The van der Waals surface area contributed by atoms with Gasteiger partial charge in [-0.1, -0.05) is 19.9 Å². The fourth-order valence-corrected chi connectivity index (χ4v) is 3.48. The van der Waals surface area contributed by atoms with Gasteiger partial charge in [0, 0.05) is 52.6 Å². The molecule has 0 unspecified atom stereocenters. The van der Waals surface area contributed by atoms with Crippen LogP contribution < -0.4 is 10.9 Å². The molecule has 5 nitrogen and oxygen atoms in total. The Hall–Kier alpha value is -3.21. The first-order valence-electron chi connectivity index (χ1n) is 10.0. The van der Waals surface area contributed by atoms with Crippen LogP contribution in [0.4, 0.5) is 5.69 Å². The lowest BCUT2D eigenvalue weighted by atomic mass is 9.98. The molecule has 0 bridgehead atoms. The van der Waals surface area contributed by atoms with E-state index in [1.54, 1.807) is 4.57 Å². The Morgan fingerprint density at radius 3 is 2.24 bits per heavy atom. The molecule has 0 radical (unpaired) electrons. The van der Waals surface area contributed by atoms with E-state index in [-0.39, 0.29) is 11.6 Å². The topological polar surface area (TPSA) is 64.0 Å². The van der Waals surface area contributed by atoms with E-state index in [1.165, 1.54) is 0 Å². The van der Waals surface area contributed by atoms with E-state index >= 15 is 0 Å². The highest BCUT2D eigenvalue weighted by Crippen LogP contribution is 2.29. The predicted molar refractivity (Wildman–Crippen MR) is 118 cm³/mol. The van der Waals surface area contributed by atoms with E-state index < -0.39 is 0 Å². The molecule has 1 aromatic carbocycles. The van der Waals surface area contributed by atoms with Crippen LogP contribution in [0.5, 0.6) is 0 Å². The zero-order chi connectivity index (χ0) is 21.0. The minimum Gasteiger partial charge on any atom is -0.328 e. The first-order valence-corrected chi connectivity index (χ1v) is 10.0. The van der Waals surface area contributed by atoms with Crippen molar-refractivity contribution in [1.82, 2.24) is 9.55 Å². The molecule has 0 saturated heterocycles. The fraction of sp³-hybridized carbons (Fsp3) is 0.292. The van der Waals surface area contributed by atoms with Crippen molar-refractivity contribution in [1.29, 1.82) is 0 Å². The largest absolute Gasteiger partial charge is 0.328 e. The summed E-state index contributed by atoms with van der Waals surface area (Å²) in [6.45, 7) is 8.09. The number of hydrogen-bond donors (Lipinski definition) is 1. The molecular weight excluding hydrogens is 362 g/mol. The highest BCUT2D eigenvalue weighted by molar-refractivity contribution is 5.78. The molecule has 5 heteroatoms. The maximum Gasteiger partial charge on any atom is 0.253 e. The normalized spacial score (nSPS) is 10.9. The van der Waals surface area contributed by atoms with Gasteiger partial charge in [-0.25, -0.2) is 0 Å². The van der Waals surface area contributed by atoms with Crippen LogP contribution in [0.25, 0.3) is 22.3 Å². The third-order valence-electron chi connectivity index (χ3n) is 5.16. The molecule has 0 aliphatic carbocycles. The van der Waals surface area contributed by atoms with Gasteiger partial charge in [-0.15, -0.1) is 0 Å². The fourth-order valence-electron chi connectivity index (χ4n) is 3.48. The Labute approximate surface area is 171 Å². The molecule has 2 aromatic heterocycles. The molecule has 0 aliphatic rings. The third-order valence-corrected chi connectivity index (χ3v) is 5.16. The Balaban J connectivity index is 2.08. The standard InChI is InChI=1S/C24H27N3O2/c1-5-17-9-19(7-8-23(17)26-15-28)20-11-21(13-25-12-20)22-10-18(6-2)24(29)27(14-22)16(3)4/h7-16H,5-6H2,1-4H3,(H,26,28). The molecule has 0 aliphatic heterocycles. The Kier molecular flexibility index (Phi) is 6.27. The Morgan fingerprint density at radius 1 is 0.966 bits per heavy atom. The first-order chi connectivity index (χ1) is 14.0. The minimum atomic E-state index is 0.0706. The van der Waals surface area contributed by atoms with Crippen LogP contribution in [-0.4, -0.2) is 16.0 Å². The smallest absolute Gasteiger partial charge is 0.253 e. The lowest BCUT2D eigenvalue weighted by molar-refractivity contribution is -0.105. The summed E-state index contributed by atoms with van der Waals surface area (Å²) in [7, 11) is 0. The van der Waals surface area contributed by atoms with Crippen molar-refractivity contribution < 1.29 is 4.79 Å². The average molecular weight is 389 g/mol. The van der Waals surface area contributed by atoms with Crippen LogP contribution in [0.2, 0.25) is 0 Å². The Morgan fingerprint density at radius 2 is 1.62 bits per heavy atom. The average Bonchev–Trinajstić information content (AvgIpc) is 2.74. The summed E-state index contributed by atoms with van der Waals surface area (Å²) in [4.78, 5) is 27.8. The zero-order valence-electron chi connectivity index (χ0n) is 17.4. The molecule has 1 N–H and O–H groups in total. The highest BCUT2D eigenvalue weighted by atomic mass is 16.1. The van der Waals surface area contributed by atoms with Gasteiger partial charge in [-0.2, -0.15) is 0 Å². The van der Waals surface area contributed by atoms with Crippen molar-refractivity contribution in [2.24, 2.45) is 0 Å². The predicted octanol–water partition coefficient (Wildman–Crippen LogP) is 4.85. The highest BCUT2D eigenvalue weighted by Gasteiger charge is 2.11. The number of aromatic nitrogens is 2. The molecule has 0 fully saturated rings. The van der Waals surface area contributed by atoms with Gasteiger partial charge in [0.05, 0.1) is 0 Å². The number of rotatable bonds is 7. The van der Waals surface area contributed by atoms with Gasteiger partial charge in [0.2, 0.25) is 6.41 Å². The lowest BCUT2D eigenvalue weighted by Gasteiger charge is -2.15. The van der Waals surface area contributed by atoms with Gasteiger partial charge in [0.25, 0.3) is 5.56 Å². The number of carbonyl (C=O) groups is 1. The molecule has 3 aromatic rings. The maximum atomic E-state index is 12.6. The summed E-state index contributed by atoms with van der Waals surface area (Å²) in [6, 6.07) is 10.1. The van der Waals surface area contributed by atoms with Crippen LogP contribution in [-0.2, 0) is 17.6 Å². The van der Waals surface area contributed by atoms with E-state index in [1.807, 2.05) is 57.6 Å². The van der Waals surface area contributed by atoms with E-state index in [2.05, 4.69) is 29.4 Å². The van der Waals surface area contributed by atoms with Crippen molar-refractivity contribution in [3.8, 4) is 22.3 Å². The molecule has 0 saturated carbocycles. The van der Waals surface area contributed by atoms with Gasteiger partial charge in [-0.3, -0.25) is 14.6 Å². The van der Waals surface area contributed by atoms with Crippen LogP contribution >= 0.6 is 0 Å². The summed E-state index contributed by atoms with van der Waals surface area (Å²) < 4.78 is 1.79. The molecular formula is C24H27N3O2. The lowest BCUT2D eigenvalue weighted by Crippen LogP contribution is -2.24. The molecule has 3 rings (SSSR count). The minimum absolute atomic E-state index is 0.0706. The van der Waals surface area contributed by atoms with E-state index in [0.717, 1.165) is 45.5 Å². The van der Waals surface area contributed by atoms with Crippen molar-refractivity contribution in [2.75, 3.05) is 5.32 Å². The number of hydrogen-bond acceptors (Lipinski definition) is 3. The van der Waals surface area contributed by atoms with Gasteiger partial charge in [0.1, 0.15) is 0 Å². The van der Waals surface area contributed by atoms with Crippen molar-refractivity contribution >= 4 is 12.1 Å². The molecule has 2 heterocycles. The van der Waals surface area contributed by atoms with E-state index in [4.69, 9.17) is 0 Å². The van der Waals surface area contributed by atoms with E-state index in [9.17, 15) is 9.59 Å². The number of anilines is 1. The quantitative estimate of drug-likeness (QED) is 0.588. The number of benzene rings is 1.